The van der Waals surface area contributed by atoms with Crippen LogP contribution < -0.4 is 14.4 Å². The number of aliphatic imine (C=N–C) groups is 1. The summed E-state index contributed by atoms with van der Waals surface area (Å²) in [6.45, 7) is 0.217. The highest BCUT2D eigenvalue weighted by Crippen LogP contribution is 2.41. The van der Waals surface area contributed by atoms with Gasteiger partial charge in [0.15, 0.2) is 16.7 Å². The summed E-state index contributed by atoms with van der Waals surface area (Å²) in [5, 5.41) is 12.5. The monoisotopic (exact) mass is 537 g/mol. The van der Waals surface area contributed by atoms with Gasteiger partial charge in [-0.05, 0) is 53.7 Å². The molecule has 0 aromatic heterocycles. The van der Waals surface area contributed by atoms with Crippen LogP contribution in [0.2, 0.25) is 0 Å². The summed E-state index contributed by atoms with van der Waals surface area (Å²) < 4.78 is 11.3. The molecule has 8 nitrogen and oxygen atoms in total. The van der Waals surface area contributed by atoms with E-state index in [1.165, 1.54) is 30.2 Å². The van der Waals surface area contributed by atoms with Crippen LogP contribution in [0.5, 0.6) is 11.5 Å². The first-order chi connectivity index (χ1) is 19.0. The number of nitrogens with zero attached hydrogens (tertiary/aromatic N) is 3. The first-order valence-corrected chi connectivity index (χ1v) is 12.8. The zero-order chi connectivity index (χ0) is 27.2. The van der Waals surface area contributed by atoms with E-state index in [1.54, 1.807) is 0 Å². The molecule has 1 heterocycles. The highest BCUT2D eigenvalue weighted by atomic mass is 32.2. The second-order valence-corrected chi connectivity index (χ2v) is 9.42. The second-order valence-electron chi connectivity index (χ2n) is 8.41. The average molecular weight is 538 g/mol. The highest BCUT2D eigenvalue weighted by Gasteiger charge is 2.35. The van der Waals surface area contributed by atoms with E-state index in [4.69, 9.17) is 9.47 Å². The molecule has 0 spiro atoms. The van der Waals surface area contributed by atoms with Gasteiger partial charge in [0, 0.05) is 0 Å². The summed E-state index contributed by atoms with van der Waals surface area (Å²) in [7, 11) is 1.46. The minimum absolute atomic E-state index is 0.209. The fourth-order valence-electron chi connectivity index (χ4n) is 3.95. The van der Waals surface area contributed by atoms with E-state index in [0.29, 0.717) is 22.3 Å². The molecule has 0 aliphatic carbocycles. The Morgan fingerprint density at radius 1 is 0.923 bits per heavy atom. The Labute approximate surface area is 229 Å². The standard InChI is InChI=1S/C30H23N3O5S/c1-37-26-17-22(25(33(35)36)19-27(26)38-20-21-11-5-2-6-12-21)18-28-29(34)32(24-15-9-4-10-16-24)30(39-28)31-23-13-7-3-8-14-23/h2-19H,20H2,1H3/b28-18+,31-30?. The first-order valence-electron chi connectivity index (χ1n) is 12.0. The SMILES string of the molecule is COc1cc(/C=C2/SC(=Nc3ccccc3)N(c3ccccc3)C2=O)c([N+](=O)[O-])cc1OCc1ccccc1. The van der Waals surface area contributed by atoms with Crippen molar-refractivity contribution in [1.29, 1.82) is 0 Å². The van der Waals surface area contributed by atoms with Crippen molar-refractivity contribution < 1.29 is 19.2 Å². The molecule has 1 fully saturated rings. The molecule has 0 saturated carbocycles. The molecule has 9 heteroatoms. The van der Waals surface area contributed by atoms with Crippen LogP contribution in [-0.4, -0.2) is 23.1 Å². The molecule has 1 saturated heterocycles. The van der Waals surface area contributed by atoms with Crippen molar-refractivity contribution in [2.75, 3.05) is 12.0 Å². The quantitative estimate of drug-likeness (QED) is 0.137. The summed E-state index contributed by atoms with van der Waals surface area (Å²) in [4.78, 5) is 31.6. The van der Waals surface area contributed by atoms with E-state index in [9.17, 15) is 14.9 Å². The Bertz CT molecular complexity index is 1560. The fourth-order valence-corrected chi connectivity index (χ4v) is 4.95. The van der Waals surface area contributed by atoms with Gasteiger partial charge in [-0.3, -0.25) is 19.8 Å². The number of carbonyl (C=O) groups excluding carboxylic acids is 1. The largest absolute Gasteiger partial charge is 0.493 e. The van der Waals surface area contributed by atoms with E-state index >= 15 is 0 Å². The smallest absolute Gasteiger partial charge is 0.280 e. The number of rotatable bonds is 8. The summed E-state index contributed by atoms with van der Waals surface area (Å²) in [6.07, 6.45) is 1.50. The Kier molecular flexibility index (Phi) is 7.70. The lowest BCUT2D eigenvalue weighted by Gasteiger charge is -2.15. The predicted octanol–water partition coefficient (Wildman–Crippen LogP) is 6.99. The minimum Gasteiger partial charge on any atom is -0.493 e. The number of ether oxygens (including phenoxy) is 2. The second kappa shape index (κ2) is 11.7. The number of nitro groups is 1. The van der Waals surface area contributed by atoms with Gasteiger partial charge >= 0.3 is 0 Å². The molecule has 1 aliphatic heterocycles. The normalized spacial score (nSPS) is 15.1. The van der Waals surface area contributed by atoms with Gasteiger partial charge in [-0.2, -0.15) is 0 Å². The third-order valence-electron chi connectivity index (χ3n) is 5.84. The number of thioether (sulfide) groups is 1. The maximum absolute atomic E-state index is 13.6. The lowest BCUT2D eigenvalue weighted by Crippen LogP contribution is -2.28. The van der Waals surface area contributed by atoms with Crippen LogP contribution in [0.3, 0.4) is 0 Å². The van der Waals surface area contributed by atoms with E-state index in [1.807, 2.05) is 91.0 Å². The summed E-state index contributed by atoms with van der Waals surface area (Å²) >= 11 is 1.15. The van der Waals surface area contributed by atoms with Gasteiger partial charge in [0.05, 0.1) is 39.9 Å². The van der Waals surface area contributed by atoms with Crippen molar-refractivity contribution >= 4 is 46.0 Å². The Morgan fingerprint density at radius 3 is 2.21 bits per heavy atom. The van der Waals surface area contributed by atoms with Gasteiger partial charge < -0.3 is 9.47 Å². The number of methoxy groups -OCH3 is 1. The van der Waals surface area contributed by atoms with Gasteiger partial charge in [-0.25, -0.2) is 4.99 Å². The van der Waals surface area contributed by atoms with Gasteiger partial charge in [0.25, 0.3) is 11.6 Å². The Hall–Kier alpha value is -4.89. The van der Waals surface area contributed by atoms with Crippen LogP contribution in [0.15, 0.2) is 113 Å². The number of hydrogen-bond donors (Lipinski definition) is 0. The Balaban J connectivity index is 1.53. The molecule has 0 radical (unpaired) electrons. The number of anilines is 1. The van der Waals surface area contributed by atoms with Crippen molar-refractivity contribution in [1.82, 2.24) is 0 Å². The van der Waals surface area contributed by atoms with Crippen LogP contribution in [0.4, 0.5) is 17.1 Å². The van der Waals surface area contributed by atoms with Gasteiger partial charge in [0.2, 0.25) is 0 Å². The predicted molar refractivity (Wildman–Crippen MR) is 153 cm³/mol. The molecule has 4 aromatic carbocycles. The number of nitro benzene ring substituents is 1. The molecule has 194 valence electrons. The molecular weight excluding hydrogens is 514 g/mol. The summed E-state index contributed by atoms with van der Waals surface area (Å²) in [5.41, 5.74) is 2.24. The zero-order valence-electron chi connectivity index (χ0n) is 20.9. The number of benzene rings is 4. The molecule has 0 atom stereocenters. The summed E-state index contributed by atoms with van der Waals surface area (Å²) in [6, 6.07) is 30.7. The molecule has 0 N–H and O–H groups in total. The highest BCUT2D eigenvalue weighted by molar-refractivity contribution is 8.19. The molecule has 4 aromatic rings. The van der Waals surface area contributed by atoms with Crippen LogP contribution >= 0.6 is 11.8 Å². The number of amides is 1. The van der Waals surface area contributed by atoms with E-state index < -0.39 is 4.92 Å². The lowest BCUT2D eigenvalue weighted by molar-refractivity contribution is -0.385. The third kappa shape index (κ3) is 5.83. The Morgan fingerprint density at radius 2 is 1.56 bits per heavy atom. The molecule has 5 rings (SSSR count). The van der Waals surface area contributed by atoms with E-state index in [0.717, 1.165) is 17.3 Å². The van der Waals surface area contributed by atoms with Gasteiger partial charge in [0.1, 0.15) is 6.61 Å². The van der Waals surface area contributed by atoms with Crippen molar-refractivity contribution in [3.05, 3.63) is 129 Å². The molecule has 1 amide bonds. The average Bonchev–Trinajstić information content (AvgIpc) is 3.27. The molecular formula is C30H23N3O5S. The number of para-hydroxylation sites is 2. The number of hydrogen-bond acceptors (Lipinski definition) is 7. The summed E-state index contributed by atoms with van der Waals surface area (Å²) in [5.74, 6) is 0.216. The van der Waals surface area contributed by atoms with Crippen molar-refractivity contribution in [3.63, 3.8) is 0 Å². The van der Waals surface area contributed by atoms with Gasteiger partial charge in [-0.15, -0.1) is 0 Å². The van der Waals surface area contributed by atoms with Crippen molar-refractivity contribution in [2.45, 2.75) is 6.61 Å². The maximum Gasteiger partial charge on any atom is 0.280 e. The van der Waals surface area contributed by atoms with Crippen molar-refractivity contribution in [2.24, 2.45) is 4.99 Å². The lowest BCUT2D eigenvalue weighted by atomic mass is 10.1. The van der Waals surface area contributed by atoms with Crippen LogP contribution in [0, 0.1) is 10.1 Å². The molecule has 0 bridgehead atoms. The van der Waals surface area contributed by atoms with Gasteiger partial charge in [-0.1, -0.05) is 66.7 Å². The van der Waals surface area contributed by atoms with Crippen LogP contribution in [-0.2, 0) is 11.4 Å². The molecule has 1 aliphatic rings. The van der Waals surface area contributed by atoms with Crippen LogP contribution in [0.1, 0.15) is 11.1 Å². The minimum atomic E-state index is -0.501. The first kappa shape index (κ1) is 25.7. The van der Waals surface area contributed by atoms with Crippen molar-refractivity contribution in [3.8, 4) is 11.5 Å². The van der Waals surface area contributed by atoms with E-state index in [2.05, 4.69) is 4.99 Å². The third-order valence-corrected chi connectivity index (χ3v) is 6.80. The number of carbonyl (C=O) groups is 1. The zero-order valence-corrected chi connectivity index (χ0v) is 21.7. The molecule has 0 unspecified atom stereocenters. The maximum atomic E-state index is 13.6. The van der Waals surface area contributed by atoms with E-state index in [-0.39, 0.29) is 34.4 Å². The molecule has 39 heavy (non-hydrogen) atoms. The number of amidine groups is 1. The topological polar surface area (TPSA) is 94.3 Å². The fraction of sp³-hybridized carbons (Fsp3) is 0.0667. The van der Waals surface area contributed by atoms with Crippen LogP contribution in [0.25, 0.3) is 6.08 Å².